The normalized spacial score (nSPS) is 17.1. The van der Waals surface area contributed by atoms with Gasteiger partial charge in [-0.25, -0.2) is 4.68 Å². The molecule has 4 nitrogen and oxygen atoms in total. The van der Waals surface area contributed by atoms with Gasteiger partial charge in [0.15, 0.2) is 5.82 Å². The summed E-state index contributed by atoms with van der Waals surface area (Å²) in [7, 11) is 0. The van der Waals surface area contributed by atoms with Gasteiger partial charge in [-0.05, 0) is 28.1 Å². The third-order valence-electron chi connectivity index (χ3n) is 3.44. The molecule has 1 aromatic heterocycles. The van der Waals surface area contributed by atoms with E-state index in [-0.39, 0.29) is 0 Å². The summed E-state index contributed by atoms with van der Waals surface area (Å²) >= 11 is 1.86. The van der Waals surface area contributed by atoms with Crippen LogP contribution in [0.15, 0.2) is 59.5 Å². The van der Waals surface area contributed by atoms with Crippen LogP contribution in [-0.2, 0) is 6.54 Å². The fourth-order valence-electron chi connectivity index (χ4n) is 2.46. The molecule has 2 heterocycles. The van der Waals surface area contributed by atoms with Crippen molar-refractivity contribution in [2.75, 3.05) is 0 Å². The Morgan fingerprint density at radius 3 is 2.70 bits per heavy atom. The van der Waals surface area contributed by atoms with Gasteiger partial charge in [-0.2, -0.15) is 0 Å². The van der Waals surface area contributed by atoms with E-state index in [2.05, 4.69) is 58.0 Å². The Bertz CT molecular complexity index is 738. The summed E-state index contributed by atoms with van der Waals surface area (Å²) in [6, 6.07) is 18.8. The number of benzene rings is 2. The summed E-state index contributed by atoms with van der Waals surface area (Å²) in [5.74, 6) is 0.853. The summed E-state index contributed by atoms with van der Waals surface area (Å²) in [6.45, 7) is 0.783. The molecule has 1 aliphatic rings. The van der Waals surface area contributed by atoms with Gasteiger partial charge in [-0.15, -0.1) is 16.9 Å². The fourth-order valence-corrected chi connectivity index (χ4v) is 3.72. The number of thioether (sulfide) groups is 1. The molecule has 0 N–H and O–H groups in total. The average Bonchev–Trinajstić information content (AvgIpc) is 2.90. The number of aromatic nitrogens is 4. The molecule has 0 spiro atoms. The molecule has 20 heavy (non-hydrogen) atoms. The van der Waals surface area contributed by atoms with Crippen molar-refractivity contribution in [1.82, 2.24) is 20.2 Å². The first-order valence-electron chi connectivity index (χ1n) is 6.49. The summed E-state index contributed by atoms with van der Waals surface area (Å²) in [5.41, 5.74) is 2.41. The van der Waals surface area contributed by atoms with Crippen LogP contribution in [0.25, 0.3) is 11.4 Å². The van der Waals surface area contributed by atoms with E-state index >= 15 is 0 Å². The van der Waals surface area contributed by atoms with Gasteiger partial charge < -0.3 is 0 Å². The lowest BCUT2D eigenvalue weighted by Crippen LogP contribution is -2.07. The standard InChI is InChI=1S/C15H12N4S/c1-2-6-11(7-3-1)14-10-19-15(16-17-18-19)12-8-4-5-9-13(12)20-14/h1-9,14H,10H2. The minimum absolute atomic E-state index is 0.321. The molecule has 0 amide bonds. The highest BCUT2D eigenvalue weighted by Crippen LogP contribution is 2.43. The zero-order chi connectivity index (χ0) is 13.4. The first kappa shape index (κ1) is 11.7. The van der Waals surface area contributed by atoms with Crippen molar-refractivity contribution < 1.29 is 0 Å². The second-order valence-electron chi connectivity index (χ2n) is 4.70. The lowest BCUT2D eigenvalue weighted by Gasteiger charge is -2.14. The van der Waals surface area contributed by atoms with Gasteiger partial charge in [-0.1, -0.05) is 42.5 Å². The Hall–Kier alpha value is -2.14. The van der Waals surface area contributed by atoms with E-state index in [1.54, 1.807) is 0 Å². The smallest absolute Gasteiger partial charge is 0.183 e. The maximum atomic E-state index is 4.17. The van der Waals surface area contributed by atoms with Crippen molar-refractivity contribution in [2.45, 2.75) is 16.7 Å². The van der Waals surface area contributed by atoms with Gasteiger partial charge in [0, 0.05) is 10.5 Å². The van der Waals surface area contributed by atoms with Crippen molar-refractivity contribution in [1.29, 1.82) is 0 Å². The monoisotopic (exact) mass is 280 g/mol. The van der Waals surface area contributed by atoms with Gasteiger partial charge in [0.25, 0.3) is 0 Å². The number of nitrogens with zero attached hydrogens (tertiary/aromatic N) is 4. The highest BCUT2D eigenvalue weighted by atomic mass is 32.2. The van der Waals surface area contributed by atoms with Crippen LogP contribution in [0.5, 0.6) is 0 Å². The van der Waals surface area contributed by atoms with Crippen LogP contribution in [-0.4, -0.2) is 20.2 Å². The maximum absolute atomic E-state index is 4.17. The Morgan fingerprint density at radius 2 is 1.80 bits per heavy atom. The molecule has 0 saturated heterocycles. The highest BCUT2D eigenvalue weighted by Gasteiger charge is 2.24. The fraction of sp³-hybridized carbons (Fsp3) is 0.133. The molecular weight excluding hydrogens is 268 g/mol. The zero-order valence-electron chi connectivity index (χ0n) is 10.7. The minimum atomic E-state index is 0.321. The van der Waals surface area contributed by atoms with E-state index in [4.69, 9.17) is 0 Å². The molecule has 0 aliphatic carbocycles. The third-order valence-corrected chi connectivity index (χ3v) is 4.75. The minimum Gasteiger partial charge on any atom is -0.224 e. The number of fused-ring (bicyclic) bond motifs is 3. The number of hydrogen-bond donors (Lipinski definition) is 0. The van der Waals surface area contributed by atoms with Crippen LogP contribution in [0.1, 0.15) is 10.8 Å². The molecule has 4 rings (SSSR count). The van der Waals surface area contributed by atoms with Gasteiger partial charge in [0.1, 0.15) is 0 Å². The number of hydrogen-bond acceptors (Lipinski definition) is 4. The van der Waals surface area contributed by atoms with E-state index in [1.165, 1.54) is 10.5 Å². The van der Waals surface area contributed by atoms with Crippen LogP contribution in [0.3, 0.4) is 0 Å². The summed E-state index contributed by atoms with van der Waals surface area (Å²) in [5, 5.41) is 12.5. The molecule has 2 aromatic carbocycles. The SMILES string of the molecule is c1ccc(C2Cn3nnnc3-c3ccccc3S2)cc1. The van der Waals surface area contributed by atoms with Crippen LogP contribution in [0.2, 0.25) is 0 Å². The first-order chi connectivity index (χ1) is 9.92. The summed E-state index contributed by atoms with van der Waals surface area (Å²) in [4.78, 5) is 1.23. The molecule has 1 aliphatic heterocycles. The predicted octanol–water partition coefficient (Wildman–Crippen LogP) is 3.19. The summed E-state index contributed by atoms with van der Waals surface area (Å²) < 4.78 is 1.90. The van der Waals surface area contributed by atoms with E-state index < -0.39 is 0 Å². The average molecular weight is 280 g/mol. The van der Waals surface area contributed by atoms with Crippen molar-refractivity contribution in [3.8, 4) is 11.4 Å². The third kappa shape index (κ3) is 1.91. The van der Waals surface area contributed by atoms with Crippen molar-refractivity contribution in [3.63, 3.8) is 0 Å². The van der Waals surface area contributed by atoms with Gasteiger partial charge in [-0.3, -0.25) is 0 Å². The first-order valence-corrected chi connectivity index (χ1v) is 7.37. The van der Waals surface area contributed by atoms with Crippen molar-refractivity contribution >= 4 is 11.8 Å². The molecular formula is C15H12N4S. The second kappa shape index (κ2) is 4.76. The highest BCUT2D eigenvalue weighted by molar-refractivity contribution is 7.99. The second-order valence-corrected chi connectivity index (χ2v) is 5.94. The Balaban J connectivity index is 1.85. The lowest BCUT2D eigenvalue weighted by atomic mass is 10.1. The Morgan fingerprint density at radius 1 is 1.00 bits per heavy atom. The molecule has 5 heteroatoms. The van der Waals surface area contributed by atoms with Gasteiger partial charge in [0.2, 0.25) is 0 Å². The predicted molar refractivity (Wildman–Crippen MR) is 78.3 cm³/mol. The summed E-state index contributed by atoms with van der Waals surface area (Å²) in [6.07, 6.45) is 0. The van der Waals surface area contributed by atoms with Crippen LogP contribution in [0, 0.1) is 0 Å². The molecule has 0 bridgehead atoms. The molecule has 0 radical (unpaired) electrons. The number of rotatable bonds is 1. The van der Waals surface area contributed by atoms with Crippen LogP contribution < -0.4 is 0 Å². The van der Waals surface area contributed by atoms with E-state index in [1.807, 2.05) is 28.6 Å². The molecule has 3 aromatic rings. The van der Waals surface area contributed by atoms with E-state index in [0.29, 0.717) is 5.25 Å². The Labute approximate surface area is 120 Å². The van der Waals surface area contributed by atoms with Crippen LogP contribution >= 0.6 is 11.8 Å². The van der Waals surface area contributed by atoms with Crippen molar-refractivity contribution in [3.05, 3.63) is 60.2 Å². The lowest BCUT2D eigenvalue weighted by molar-refractivity contribution is 0.589. The van der Waals surface area contributed by atoms with Gasteiger partial charge >= 0.3 is 0 Å². The quantitative estimate of drug-likeness (QED) is 0.686. The number of tetrazole rings is 1. The molecule has 98 valence electrons. The Kier molecular flexibility index (Phi) is 2.77. The van der Waals surface area contributed by atoms with E-state index in [9.17, 15) is 0 Å². The topological polar surface area (TPSA) is 43.6 Å². The zero-order valence-corrected chi connectivity index (χ0v) is 11.5. The van der Waals surface area contributed by atoms with Crippen molar-refractivity contribution in [2.24, 2.45) is 0 Å². The largest absolute Gasteiger partial charge is 0.224 e. The molecule has 0 saturated carbocycles. The molecule has 1 unspecified atom stereocenters. The molecule has 1 atom stereocenters. The van der Waals surface area contributed by atoms with E-state index in [0.717, 1.165) is 17.9 Å². The van der Waals surface area contributed by atoms with Crippen LogP contribution in [0.4, 0.5) is 0 Å². The molecule has 0 fully saturated rings. The van der Waals surface area contributed by atoms with Gasteiger partial charge in [0.05, 0.1) is 11.8 Å². The maximum Gasteiger partial charge on any atom is 0.183 e.